The molecule has 0 aliphatic rings. The summed E-state index contributed by atoms with van der Waals surface area (Å²) in [6.07, 6.45) is -0.859. The van der Waals surface area contributed by atoms with Crippen LogP contribution in [0.4, 0.5) is 19.0 Å². The van der Waals surface area contributed by atoms with E-state index in [2.05, 4.69) is 15.0 Å². The molecule has 0 saturated carbocycles. The number of nitrogens with one attached hydrogen (secondary N) is 1. The number of nitrogens with zero attached hydrogens (tertiary/aromatic N) is 3. The van der Waals surface area contributed by atoms with Crippen molar-refractivity contribution in [2.24, 2.45) is 0 Å². The second-order valence-corrected chi connectivity index (χ2v) is 6.76. The Bertz CT molecular complexity index is 1330. The van der Waals surface area contributed by atoms with Crippen LogP contribution in [0.1, 0.15) is 16.1 Å². The number of anilines is 1. The van der Waals surface area contributed by atoms with E-state index in [0.29, 0.717) is 5.56 Å². The first-order valence-corrected chi connectivity index (χ1v) is 9.37. The molecule has 3 heterocycles. The van der Waals surface area contributed by atoms with Gasteiger partial charge in [0.1, 0.15) is 11.6 Å². The third kappa shape index (κ3) is 5.06. The Labute approximate surface area is 183 Å². The summed E-state index contributed by atoms with van der Waals surface area (Å²) in [5.41, 5.74) is 0.106. The Morgan fingerprint density at radius 2 is 1.94 bits per heavy atom. The molecule has 1 amide bonds. The number of halogens is 3. The molecule has 2 N–H and O–H groups in total. The number of aromatic hydroxyl groups is 1. The Balaban J connectivity index is 1.53. The molecule has 0 unspecified atom stereocenters. The van der Waals surface area contributed by atoms with Crippen LogP contribution in [0.15, 0.2) is 76.4 Å². The van der Waals surface area contributed by atoms with Crippen LogP contribution >= 0.6 is 0 Å². The summed E-state index contributed by atoms with van der Waals surface area (Å²) in [7, 11) is 0. The molecule has 170 valence electrons. The van der Waals surface area contributed by atoms with Gasteiger partial charge in [0.2, 0.25) is 5.88 Å². The fourth-order valence-electron chi connectivity index (χ4n) is 3.06. The maximum absolute atomic E-state index is 12.8. The highest BCUT2D eigenvalue weighted by molar-refractivity contribution is 6.01. The zero-order chi connectivity index (χ0) is 23.6. The normalized spacial score (nSPS) is 11.4. The van der Waals surface area contributed by atoms with Gasteiger partial charge in [-0.25, -0.2) is 14.3 Å². The van der Waals surface area contributed by atoms with Gasteiger partial charge in [0.15, 0.2) is 5.76 Å². The van der Waals surface area contributed by atoms with Crippen molar-refractivity contribution >= 4 is 11.7 Å². The molecular weight excluding hydrogens is 445 g/mol. The van der Waals surface area contributed by atoms with Crippen molar-refractivity contribution in [3.8, 4) is 17.3 Å². The van der Waals surface area contributed by atoms with Gasteiger partial charge in [0.25, 0.3) is 5.91 Å². The summed E-state index contributed by atoms with van der Waals surface area (Å²) in [6, 6.07) is 10.7. The largest absolute Gasteiger partial charge is 0.573 e. The van der Waals surface area contributed by atoms with E-state index in [1.165, 1.54) is 41.4 Å². The van der Waals surface area contributed by atoms with Crippen molar-refractivity contribution in [2.45, 2.75) is 12.9 Å². The van der Waals surface area contributed by atoms with Crippen molar-refractivity contribution in [1.82, 2.24) is 14.1 Å². The number of furan rings is 1. The number of rotatable bonds is 6. The Morgan fingerprint density at radius 1 is 1.18 bits per heavy atom. The van der Waals surface area contributed by atoms with Gasteiger partial charge in [0, 0.05) is 6.20 Å². The van der Waals surface area contributed by atoms with Crippen LogP contribution in [0.5, 0.6) is 11.6 Å². The molecule has 0 fully saturated rings. The molecule has 3 aromatic heterocycles. The van der Waals surface area contributed by atoms with E-state index in [9.17, 15) is 27.9 Å². The molecule has 33 heavy (non-hydrogen) atoms. The molecule has 0 aliphatic carbocycles. The minimum Gasteiger partial charge on any atom is -0.493 e. The average molecular weight is 460 g/mol. The second kappa shape index (κ2) is 8.57. The molecule has 0 radical (unpaired) electrons. The van der Waals surface area contributed by atoms with Crippen molar-refractivity contribution in [3.63, 3.8) is 0 Å². The minimum absolute atomic E-state index is 0.0286. The van der Waals surface area contributed by atoms with Gasteiger partial charge in [-0.2, -0.15) is 0 Å². The van der Waals surface area contributed by atoms with Crippen LogP contribution in [0.2, 0.25) is 0 Å². The number of amides is 1. The highest BCUT2D eigenvalue weighted by atomic mass is 19.4. The predicted octanol–water partition coefficient (Wildman–Crippen LogP) is 3.53. The van der Waals surface area contributed by atoms with Crippen LogP contribution < -0.4 is 15.7 Å². The zero-order valence-corrected chi connectivity index (χ0v) is 16.6. The van der Waals surface area contributed by atoms with Crippen molar-refractivity contribution in [2.75, 3.05) is 5.32 Å². The highest BCUT2D eigenvalue weighted by Crippen LogP contribution is 2.24. The van der Waals surface area contributed by atoms with Crippen LogP contribution in [0, 0.1) is 0 Å². The number of imidazole rings is 1. The number of hydrogen-bond acceptors (Lipinski definition) is 6. The molecule has 12 heteroatoms. The first kappa shape index (κ1) is 21.7. The van der Waals surface area contributed by atoms with Crippen LogP contribution in [0.25, 0.3) is 5.69 Å². The number of pyridine rings is 1. The highest BCUT2D eigenvalue weighted by Gasteiger charge is 2.31. The number of carbonyl (C=O) groups is 1. The summed E-state index contributed by atoms with van der Waals surface area (Å²) in [6.45, 7) is 0.0286. The van der Waals surface area contributed by atoms with E-state index in [1.807, 2.05) is 0 Å². The number of hydrogen-bond donors (Lipinski definition) is 2. The van der Waals surface area contributed by atoms with E-state index in [1.54, 1.807) is 18.2 Å². The van der Waals surface area contributed by atoms with Gasteiger partial charge >= 0.3 is 12.1 Å². The van der Waals surface area contributed by atoms with Crippen LogP contribution in [-0.4, -0.2) is 31.5 Å². The van der Waals surface area contributed by atoms with E-state index >= 15 is 0 Å². The molecular formula is C21H15F3N4O5. The van der Waals surface area contributed by atoms with Crippen molar-refractivity contribution in [3.05, 3.63) is 89.0 Å². The van der Waals surface area contributed by atoms with Gasteiger partial charge < -0.3 is 19.6 Å². The molecule has 0 bridgehead atoms. The lowest BCUT2D eigenvalue weighted by Crippen LogP contribution is -2.23. The Morgan fingerprint density at radius 3 is 2.61 bits per heavy atom. The monoisotopic (exact) mass is 460 g/mol. The first-order chi connectivity index (χ1) is 15.7. The molecule has 4 rings (SSSR count). The third-order valence-electron chi connectivity index (χ3n) is 4.43. The number of alkyl halides is 3. The van der Waals surface area contributed by atoms with Crippen LogP contribution in [-0.2, 0) is 6.54 Å². The lowest BCUT2D eigenvalue weighted by atomic mass is 10.2. The summed E-state index contributed by atoms with van der Waals surface area (Å²) < 4.78 is 47.9. The predicted molar refractivity (Wildman–Crippen MR) is 108 cm³/mol. The number of ether oxygens (including phenoxy) is 1. The first-order valence-electron chi connectivity index (χ1n) is 9.37. The topological polar surface area (TPSA) is 112 Å². The Hall–Kier alpha value is -4.48. The quantitative estimate of drug-likeness (QED) is 0.455. The molecule has 0 aliphatic heterocycles. The molecule has 4 aromatic rings. The fraction of sp³-hybridized carbons (Fsp3) is 0.0952. The summed E-state index contributed by atoms with van der Waals surface area (Å²) in [4.78, 5) is 28.9. The van der Waals surface area contributed by atoms with Crippen LogP contribution in [0.3, 0.4) is 0 Å². The number of carbonyl (C=O) groups excluding carboxylic acids is 1. The minimum atomic E-state index is -4.84. The molecule has 0 spiro atoms. The van der Waals surface area contributed by atoms with Crippen molar-refractivity contribution < 1.29 is 32.2 Å². The average Bonchev–Trinajstić information content (AvgIpc) is 3.37. The van der Waals surface area contributed by atoms with E-state index in [4.69, 9.17) is 4.42 Å². The van der Waals surface area contributed by atoms with E-state index in [-0.39, 0.29) is 23.8 Å². The summed E-state index contributed by atoms with van der Waals surface area (Å²) in [5, 5.41) is 12.8. The van der Waals surface area contributed by atoms with Gasteiger partial charge in [-0.05, 0) is 54.1 Å². The zero-order valence-electron chi connectivity index (χ0n) is 16.6. The van der Waals surface area contributed by atoms with Gasteiger partial charge in [-0.1, -0.05) is 0 Å². The maximum atomic E-state index is 12.8. The molecule has 0 atom stereocenters. The van der Waals surface area contributed by atoms with Gasteiger partial charge in [0.05, 0.1) is 24.7 Å². The molecule has 1 aromatic carbocycles. The Kier molecular flexibility index (Phi) is 5.65. The summed E-state index contributed by atoms with van der Waals surface area (Å²) in [5.74, 6) is -1.04. The summed E-state index contributed by atoms with van der Waals surface area (Å²) >= 11 is 0. The lowest BCUT2D eigenvalue weighted by Gasteiger charge is -2.09. The molecule has 0 saturated heterocycles. The van der Waals surface area contributed by atoms with Gasteiger partial charge in [-0.3, -0.25) is 9.36 Å². The van der Waals surface area contributed by atoms with Gasteiger partial charge in [-0.15, -0.1) is 13.2 Å². The number of benzene rings is 1. The lowest BCUT2D eigenvalue weighted by molar-refractivity contribution is -0.274. The SMILES string of the molecule is O=C(Nc1cc(Cn2cc(O)n(-c3ccc(OC(F)(F)F)cc3)c2=O)ccn1)c1ccco1. The van der Waals surface area contributed by atoms with E-state index in [0.717, 1.165) is 16.7 Å². The third-order valence-corrected chi connectivity index (χ3v) is 4.43. The maximum Gasteiger partial charge on any atom is 0.573 e. The second-order valence-electron chi connectivity index (χ2n) is 6.76. The van der Waals surface area contributed by atoms with E-state index < -0.39 is 29.6 Å². The van der Waals surface area contributed by atoms with Crippen molar-refractivity contribution in [1.29, 1.82) is 0 Å². The number of aromatic nitrogens is 3. The smallest absolute Gasteiger partial charge is 0.493 e. The molecule has 9 nitrogen and oxygen atoms in total. The fourth-order valence-corrected chi connectivity index (χ4v) is 3.06. The standard InChI is InChI=1S/C21H15F3N4O5/c22-21(23,24)33-15-5-3-14(4-6-15)28-18(29)12-27(20(28)31)11-13-7-8-25-17(10-13)26-19(30)16-2-1-9-32-16/h1-10,12,29H,11H2,(H,25,26,30).